The zero-order valence-electron chi connectivity index (χ0n) is 16.1. The van der Waals surface area contributed by atoms with Crippen LogP contribution in [-0.4, -0.2) is 67.6 Å². The molecule has 7 nitrogen and oxygen atoms in total. The third-order valence-electron chi connectivity index (χ3n) is 4.67. The molecule has 2 amide bonds. The summed E-state index contributed by atoms with van der Waals surface area (Å²) in [6.45, 7) is 7.04. The molecule has 2 aromatic rings. The first kappa shape index (κ1) is 20.4. The van der Waals surface area contributed by atoms with Gasteiger partial charge in [0.15, 0.2) is 5.13 Å². The summed E-state index contributed by atoms with van der Waals surface area (Å²) in [7, 11) is 0. The lowest BCUT2D eigenvalue weighted by atomic mass is 10.2. The summed E-state index contributed by atoms with van der Waals surface area (Å²) >= 11 is 1.42. The summed E-state index contributed by atoms with van der Waals surface area (Å²) in [5, 5.41) is 3.35. The van der Waals surface area contributed by atoms with Crippen LogP contribution >= 0.6 is 11.3 Å². The molecule has 0 saturated carbocycles. The van der Waals surface area contributed by atoms with E-state index in [9.17, 15) is 9.59 Å². The van der Waals surface area contributed by atoms with E-state index >= 15 is 0 Å². The second kappa shape index (κ2) is 10.3. The lowest BCUT2D eigenvalue weighted by molar-refractivity contribution is -0.908. The molecular weight excluding hydrogens is 376 g/mol. The molecule has 2 N–H and O–H groups in total. The maximum absolute atomic E-state index is 12.9. The molecule has 0 aliphatic carbocycles. The van der Waals surface area contributed by atoms with Crippen LogP contribution in [0.2, 0.25) is 0 Å². The molecule has 0 radical (unpaired) electrons. The molecule has 1 aromatic heterocycles. The molecule has 0 unspecified atom stereocenters. The number of benzene rings is 1. The Morgan fingerprint density at radius 3 is 2.68 bits per heavy atom. The number of carbonyl (C=O) groups is 2. The number of ether oxygens (including phenoxy) is 1. The Labute approximate surface area is 169 Å². The zero-order valence-corrected chi connectivity index (χ0v) is 17.0. The van der Waals surface area contributed by atoms with Crippen molar-refractivity contribution in [2.75, 3.05) is 51.3 Å². The smallest absolute Gasteiger partial charge is 0.254 e. The molecule has 2 heterocycles. The number of carbonyl (C=O) groups excluding carboxylic acids is 2. The van der Waals surface area contributed by atoms with Gasteiger partial charge in [-0.25, -0.2) is 4.98 Å². The summed E-state index contributed by atoms with van der Waals surface area (Å²) < 4.78 is 5.39. The lowest BCUT2D eigenvalue weighted by Crippen LogP contribution is -3.14. The number of amides is 2. The highest BCUT2D eigenvalue weighted by molar-refractivity contribution is 7.15. The van der Waals surface area contributed by atoms with E-state index in [-0.39, 0.29) is 18.4 Å². The van der Waals surface area contributed by atoms with Gasteiger partial charge < -0.3 is 19.9 Å². The van der Waals surface area contributed by atoms with Crippen LogP contribution in [0.15, 0.2) is 36.5 Å². The number of morpholine rings is 1. The van der Waals surface area contributed by atoms with E-state index in [1.165, 1.54) is 16.2 Å². The van der Waals surface area contributed by atoms with Gasteiger partial charge in [0.2, 0.25) is 5.91 Å². The quantitative estimate of drug-likeness (QED) is 0.685. The fraction of sp³-hybridized carbons (Fsp3) is 0.450. The van der Waals surface area contributed by atoms with Crippen LogP contribution in [0.3, 0.4) is 0 Å². The van der Waals surface area contributed by atoms with E-state index in [2.05, 4.69) is 10.3 Å². The number of nitrogens with one attached hydrogen (secondary N) is 2. The van der Waals surface area contributed by atoms with Crippen LogP contribution in [0.5, 0.6) is 0 Å². The normalized spacial score (nSPS) is 14.6. The predicted octanol–water partition coefficient (Wildman–Crippen LogP) is 0.838. The zero-order chi connectivity index (χ0) is 19.8. The van der Waals surface area contributed by atoms with Gasteiger partial charge in [0, 0.05) is 29.6 Å². The standard InChI is InChI=1S/C20H26N4O3S/c1-16-14-21-20(28-16)22-18(25)15-24(19(26)17-6-3-2-4-7-17)9-5-8-23-10-12-27-13-11-23/h2-4,6-7,14H,5,8-13,15H2,1H3,(H,21,22,25)/p+1. The van der Waals surface area contributed by atoms with Gasteiger partial charge >= 0.3 is 0 Å². The number of aryl methyl sites for hydroxylation is 1. The summed E-state index contributed by atoms with van der Waals surface area (Å²) in [6.07, 6.45) is 2.57. The molecule has 3 rings (SSSR count). The Balaban J connectivity index is 1.59. The van der Waals surface area contributed by atoms with E-state index in [1.54, 1.807) is 23.2 Å². The molecule has 1 aliphatic rings. The predicted molar refractivity (Wildman–Crippen MR) is 109 cm³/mol. The topological polar surface area (TPSA) is 76.0 Å². The van der Waals surface area contributed by atoms with Crippen molar-refractivity contribution in [1.82, 2.24) is 9.88 Å². The van der Waals surface area contributed by atoms with Crippen LogP contribution in [0, 0.1) is 6.92 Å². The minimum absolute atomic E-state index is 0.0187. The molecular formula is C20H27N4O3S+. The van der Waals surface area contributed by atoms with E-state index in [0.717, 1.165) is 44.1 Å². The third kappa shape index (κ3) is 6.12. The van der Waals surface area contributed by atoms with Gasteiger partial charge in [0.1, 0.15) is 19.6 Å². The molecule has 1 aromatic carbocycles. The number of aromatic nitrogens is 1. The maximum atomic E-state index is 12.9. The van der Waals surface area contributed by atoms with E-state index in [0.29, 0.717) is 17.2 Å². The number of nitrogens with zero attached hydrogens (tertiary/aromatic N) is 2. The molecule has 0 bridgehead atoms. The maximum Gasteiger partial charge on any atom is 0.254 e. The van der Waals surface area contributed by atoms with Gasteiger partial charge in [-0.2, -0.15) is 0 Å². The molecule has 0 atom stereocenters. The van der Waals surface area contributed by atoms with Crippen molar-refractivity contribution < 1.29 is 19.2 Å². The van der Waals surface area contributed by atoms with Crippen molar-refractivity contribution in [3.05, 3.63) is 47.0 Å². The minimum Gasteiger partial charge on any atom is -0.370 e. The van der Waals surface area contributed by atoms with Crippen LogP contribution in [0.25, 0.3) is 0 Å². The summed E-state index contributed by atoms with van der Waals surface area (Å²) in [4.78, 5) is 33.7. The number of hydrogen-bond donors (Lipinski definition) is 2. The first-order valence-electron chi connectivity index (χ1n) is 9.60. The first-order valence-corrected chi connectivity index (χ1v) is 10.4. The highest BCUT2D eigenvalue weighted by Gasteiger charge is 2.21. The Morgan fingerprint density at radius 2 is 2.00 bits per heavy atom. The molecule has 1 fully saturated rings. The highest BCUT2D eigenvalue weighted by Crippen LogP contribution is 2.16. The summed E-state index contributed by atoms with van der Waals surface area (Å²) in [5.41, 5.74) is 0.596. The molecule has 0 spiro atoms. The van der Waals surface area contributed by atoms with E-state index in [4.69, 9.17) is 4.74 Å². The Hall–Kier alpha value is -2.29. The van der Waals surface area contributed by atoms with Crippen molar-refractivity contribution in [1.29, 1.82) is 0 Å². The van der Waals surface area contributed by atoms with Gasteiger partial charge in [-0.3, -0.25) is 9.59 Å². The summed E-state index contributed by atoms with van der Waals surface area (Å²) in [6, 6.07) is 9.11. The van der Waals surface area contributed by atoms with Gasteiger partial charge in [0.25, 0.3) is 5.91 Å². The number of hydrogen-bond acceptors (Lipinski definition) is 5. The average molecular weight is 404 g/mol. The van der Waals surface area contributed by atoms with E-state index in [1.807, 2.05) is 25.1 Å². The van der Waals surface area contributed by atoms with Gasteiger partial charge in [-0.15, -0.1) is 11.3 Å². The Bertz CT molecular complexity index is 775. The first-order chi connectivity index (χ1) is 13.6. The molecule has 28 heavy (non-hydrogen) atoms. The monoisotopic (exact) mass is 403 g/mol. The third-order valence-corrected chi connectivity index (χ3v) is 5.50. The van der Waals surface area contributed by atoms with Crippen molar-refractivity contribution >= 4 is 28.3 Å². The SMILES string of the molecule is Cc1cnc(NC(=O)CN(CCC[NH+]2CCOCC2)C(=O)c2ccccc2)s1. The van der Waals surface area contributed by atoms with Crippen molar-refractivity contribution in [2.45, 2.75) is 13.3 Å². The number of rotatable bonds is 8. The largest absolute Gasteiger partial charge is 0.370 e. The number of anilines is 1. The molecule has 8 heteroatoms. The molecule has 1 saturated heterocycles. The lowest BCUT2D eigenvalue weighted by Gasteiger charge is -2.26. The second-order valence-corrected chi connectivity index (χ2v) is 8.12. The fourth-order valence-electron chi connectivity index (χ4n) is 3.19. The molecule has 1 aliphatic heterocycles. The van der Waals surface area contributed by atoms with Crippen LogP contribution in [-0.2, 0) is 9.53 Å². The van der Waals surface area contributed by atoms with Gasteiger partial charge in [-0.1, -0.05) is 18.2 Å². The van der Waals surface area contributed by atoms with E-state index < -0.39 is 0 Å². The Morgan fingerprint density at radius 1 is 1.25 bits per heavy atom. The average Bonchev–Trinajstić information content (AvgIpc) is 3.12. The number of thiazole rings is 1. The summed E-state index contributed by atoms with van der Waals surface area (Å²) in [5.74, 6) is -0.347. The minimum atomic E-state index is -0.225. The fourth-order valence-corrected chi connectivity index (χ4v) is 3.87. The van der Waals surface area contributed by atoms with Gasteiger partial charge in [-0.05, 0) is 19.1 Å². The second-order valence-electron chi connectivity index (χ2n) is 6.88. The van der Waals surface area contributed by atoms with Crippen molar-refractivity contribution in [3.63, 3.8) is 0 Å². The Kier molecular flexibility index (Phi) is 7.53. The highest BCUT2D eigenvalue weighted by atomic mass is 32.1. The number of quaternary nitrogens is 1. The van der Waals surface area contributed by atoms with Crippen LogP contribution in [0.1, 0.15) is 21.7 Å². The van der Waals surface area contributed by atoms with Gasteiger partial charge in [0.05, 0.1) is 19.8 Å². The van der Waals surface area contributed by atoms with Crippen LogP contribution in [0.4, 0.5) is 5.13 Å². The van der Waals surface area contributed by atoms with Crippen molar-refractivity contribution in [3.8, 4) is 0 Å². The van der Waals surface area contributed by atoms with Crippen molar-refractivity contribution in [2.24, 2.45) is 0 Å². The molecule has 150 valence electrons. The van der Waals surface area contributed by atoms with Crippen LogP contribution < -0.4 is 10.2 Å².